The zero-order chi connectivity index (χ0) is 7.78. The zero-order valence-electron chi connectivity index (χ0n) is 6.53. The Labute approximate surface area is 60.6 Å². The predicted octanol–water partition coefficient (Wildman–Crippen LogP) is 2.87. The Bertz CT molecular complexity index is 120. The number of hydrogen-bond donors (Lipinski definition) is 0. The van der Waals surface area contributed by atoms with E-state index in [1.54, 1.807) is 13.8 Å². The molecule has 0 heterocycles. The highest BCUT2D eigenvalue weighted by atomic mass is 19.2. The molecule has 0 bridgehead atoms. The van der Waals surface area contributed by atoms with Gasteiger partial charge in [0.15, 0.2) is 0 Å². The maximum Gasteiger partial charge on any atom is 0.136 e. The van der Waals surface area contributed by atoms with Gasteiger partial charge in [-0.25, -0.2) is 8.78 Å². The van der Waals surface area contributed by atoms with Crippen LogP contribution in [-0.4, -0.2) is 12.3 Å². The van der Waals surface area contributed by atoms with Crippen LogP contribution in [0.2, 0.25) is 0 Å². The molecular formula is C8H14F2. The second kappa shape index (κ2) is 2.48. The second-order valence-corrected chi connectivity index (χ2v) is 3.80. The van der Waals surface area contributed by atoms with Crippen LogP contribution in [0.3, 0.4) is 0 Å². The lowest BCUT2D eigenvalue weighted by Gasteiger charge is -2.35. The first-order chi connectivity index (χ1) is 4.54. The Morgan fingerprint density at radius 3 is 2.30 bits per heavy atom. The van der Waals surface area contributed by atoms with E-state index >= 15 is 0 Å². The summed E-state index contributed by atoms with van der Waals surface area (Å²) >= 11 is 0. The van der Waals surface area contributed by atoms with E-state index in [0.29, 0.717) is 6.42 Å². The molecule has 0 aromatic rings. The highest BCUT2D eigenvalue weighted by molar-refractivity contribution is 4.88. The lowest BCUT2D eigenvalue weighted by atomic mass is 9.75. The van der Waals surface area contributed by atoms with Gasteiger partial charge in [-0.2, -0.15) is 0 Å². The van der Waals surface area contributed by atoms with Crippen LogP contribution in [0, 0.1) is 5.41 Å². The molecule has 0 spiro atoms. The molecule has 0 aromatic carbocycles. The molecule has 2 atom stereocenters. The Morgan fingerprint density at radius 2 is 1.90 bits per heavy atom. The fourth-order valence-corrected chi connectivity index (χ4v) is 1.53. The van der Waals surface area contributed by atoms with Gasteiger partial charge < -0.3 is 0 Å². The molecule has 0 nitrogen and oxygen atoms in total. The normalized spacial score (nSPS) is 39.6. The monoisotopic (exact) mass is 148 g/mol. The van der Waals surface area contributed by atoms with E-state index in [4.69, 9.17) is 0 Å². The van der Waals surface area contributed by atoms with Crippen molar-refractivity contribution < 1.29 is 8.78 Å². The molecule has 2 heteroatoms. The number of rotatable bonds is 0. The average Bonchev–Trinajstić information content (AvgIpc) is 1.83. The Morgan fingerprint density at radius 1 is 1.30 bits per heavy atom. The van der Waals surface area contributed by atoms with E-state index in [0.717, 1.165) is 12.8 Å². The first-order valence-corrected chi connectivity index (χ1v) is 3.82. The first-order valence-electron chi connectivity index (χ1n) is 3.82. The summed E-state index contributed by atoms with van der Waals surface area (Å²) in [6.45, 7) is 3.59. The van der Waals surface area contributed by atoms with E-state index in [2.05, 4.69) is 0 Å². The third-order valence-electron chi connectivity index (χ3n) is 2.37. The summed E-state index contributed by atoms with van der Waals surface area (Å²) in [6, 6.07) is 0. The summed E-state index contributed by atoms with van der Waals surface area (Å²) in [6.07, 6.45) is -0.418. The quantitative estimate of drug-likeness (QED) is 0.495. The Hall–Kier alpha value is -0.140. The maximum atomic E-state index is 13.0. The van der Waals surface area contributed by atoms with E-state index in [1.165, 1.54) is 0 Å². The molecule has 0 saturated heterocycles. The minimum absolute atomic E-state index is 0.407. The molecule has 0 amide bonds. The van der Waals surface area contributed by atoms with Crippen molar-refractivity contribution in [3.63, 3.8) is 0 Å². The van der Waals surface area contributed by atoms with Gasteiger partial charge in [-0.1, -0.05) is 13.8 Å². The van der Waals surface area contributed by atoms with Crippen molar-refractivity contribution in [2.24, 2.45) is 5.41 Å². The molecule has 1 saturated carbocycles. The molecule has 0 aromatic heterocycles. The van der Waals surface area contributed by atoms with Crippen molar-refractivity contribution in [3.8, 4) is 0 Å². The van der Waals surface area contributed by atoms with Crippen LogP contribution in [0.4, 0.5) is 8.78 Å². The van der Waals surface area contributed by atoms with Crippen LogP contribution < -0.4 is 0 Å². The SMILES string of the molecule is CC1(C)CCCC(F)C1F. The van der Waals surface area contributed by atoms with Gasteiger partial charge in [0.05, 0.1) is 0 Å². The smallest absolute Gasteiger partial charge is 0.136 e. The van der Waals surface area contributed by atoms with Gasteiger partial charge in [0.1, 0.15) is 12.3 Å². The lowest BCUT2D eigenvalue weighted by molar-refractivity contribution is 0.0152. The van der Waals surface area contributed by atoms with Crippen molar-refractivity contribution >= 4 is 0 Å². The van der Waals surface area contributed by atoms with E-state index in [9.17, 15) is 8.78 Å². The Kier molecular flexibility index (Phi) is 1.97. The molecule has 0 N–H and O–H groups in total. The minimum atomic E-state index is -1.25. The topological polar surface area (TPSA) is 0 Å². The second-order valence-electron chi connectivity index (χ2n) is 3.80. The van der Waals surface area contributed by atoms with Gasteiger partial charge in [0.2, 0.25) is 0 Å². The predicted molar refractivity (Wildman–Crippen MR) is 37.4 cm³/mol. The zero-order valence-corrected chi connectivity index (χ0v) is 6.53. The molecule has 60 valence electrons. The number of alkyl halides is 2. The van der Waals surface area contributed by atoms with Crippen LogP contribution >= 0.6 is 0 Å². The molecule has 0 aliphatic heterocycles. The van der Waals surface area contributed by atoms with Crippen LogP contribution in [0.1, 0.15) is 33.1 Å². The van der Waals surface area contributed by atoms with E-state index in [-0.39, 0.29) is 0 Å². The molecule has 0 radical (unpaired) electrons. The third kappa shape index (κ3) is 1.30. The number of halogens is 2. The first kappa shape index (κ1) is 7.96. The molecule has 10 heavy (non-hydrogen) atoms. The van der Waals surface area contributed by atoms with Gasteiger partial charge in [0.25, 0.3) is 0 Å². The van der Waals surface area contributed by atoms with Gasteiger partial charge in [-0.05, 0) is 24.7 Å². The molecule has 1 fully saturated rings. The van der Waals surface area contributed by atoms with Gasteiger partial charge in [-0.15, -0.1) is 0 Å². The minimum Gasteiger partial charge on any atom is -0.244 e. The van der Waals surface area contributed by atoms with E-state index < -0.39 is 17.8 Å². The van der Waals surface area contributed by atoms with Gasteiger partial charge >= 0.3 is 0 Å². The lowest BCUT2D eigenvalue weighted by Crippen LogP contribution is -2.37. The highest BCUT2D eigenvalue weighted by Crippen LogP contribution is 2.38. The molecule has 1 rings (SSSR count). The van der Waals surface area contributed by atoms with Crippen LogP contribution in [0.15, 0.2) is 0 Å². The molecule has 1 aliphatic carbocycles. The fourth-order valence-electron chi connectivity index (χ4n) is 1.53. The van der Waals surface area contributed by atoms with Crippen LogP contribution in [-0.2, 0) is 0 Å². The Balaban J connectivity index is 2.60. The fraction of sp³-hybridized carbons (Fsp3) is 1.00. The third-order valence-corrected chi connectivity index (χ3v) is 2.37. The molecule has 1 aliphatic rings. The molecular weight excluding hydrogens is 134 g/mol. The van der Waals surface area contributed by atoms with Crippen LogP contribution in [0.5, 0.6) is 0 Å². The summed E-state index contributed by atoms with van der Waals surface area (Å²) < 4.78 is 25.7. The number of hydrogen-bond acceptors (Lipinski definition) is 0. The maximum absolute atomic E-state index is 13.0. The summed E-state index contributed by atoms with van der Waals surface area (Å²) in [5.41, 5.74) is -0.433. The summed E-state index contributed by atoms with van der Waals surface area (Å²) in [5.74, 6) is 0. The largest absolute Gasteiger partial charge is 0.244 e. The summed E-state index contributed by atoms with van der Waals surface area (Å²) in [7, 11) is 0. The van der Waals surface area contributed by atoms with Crippen molar-refractivity contribution in [1.82, 2.24) is 0 Å². The van der Waals surface area contributed by atoms with Crippen molar-refractivity contribution in [2.75, 3.05) is 0 Å². The van der Waals surface area contributed by atoms with Crippen molar-refractivity contribution in [3.05, 3.63) is 0 Å². The molecule has 2 unspecified atom stereocenters. The average molecular weight is 148 g/mol. The van der Waals surface area contributed by atoms with Gasteiger partial charge in [-0.3, -0.25) is 0 Å². The van der Waals surface area contributed by atoms with Crippen molar-refractivity contribution in [1.29, 1.82) is 0 Å². The summed E-state index contributed by atoms with van der Waals surface area (Å²) in [4.78, 5) is 0. The van der Waals surface area contributed by atoms with Crippen LogP contribution in [0.25, 0.3) is 0 Å². The highest BCUT2D eigenvalue weighted by Gasteiger charge is 2.39. The van der Waals surface area contributed by atoms with E-state index in [1.807, 2.05) is 0 Å². The standard InChI is InChI=1S/C8H14F2/c1-8(2)5-3-4-6(9)7(8)10/h6-7H,3-5H2,1-2H3. The summed E-state index contributed by atoms with van der Waals surface area (Å²) in [5, 5.41) is 0. The van der Waals surface area contributed by atoms with Gasteiger partial charge in [0, 0.05) is 0 Å². The van der Waals surface area contributed by atoms with Crippen molar-refractivity contribution in [2.45, 2.75) is 45.5 Å².